The van der Waals surface area contributed by atoms with Crippen LogP contribution in [0.5, 0.6) is 5.75 Å². The summed E-state index contributed by atoms with van der Waals surface area (Å²) in [5.74, 6) is 0.390. The first kappa shape index (κ1) is 23.0. The number of amides is 1. The minimum atomic E-state index is -3.69. The Morgan fingerprint density at radius 3 is 2.17 bits per heavy atom. The lowest BCUT2D eigenvalue weighted by Gasteiger charge is -2.31. The number of sulfonamides is 1. The molecule has 0 unspecified atom stereocenters. The Labute approximate surface area is 177 Å². The van der Waals surface area contributed by atoms with Crippen molar-refractivity contribution in [1.29, 1.82) is 0 Å². The Balaban J connectivity index is 2.23. The molecule has 0 aliphatic carbocycles. The first-order valence-electron chi connectivity index (χ1n) is 9.45. The molecule has 158 valence electrons. The summed E-state index contributed by atoms with van der Waals surface area (Å²) in [6.07, 6.45) is 1.41. The average Bonchev–Trinajstić information content (AvgIpc) is 2.66. The van der Waals surface area contributed by atoms with Gasteiger partial charge in [0.1, 0.15) is 11.8 Å². The van der Waals surface area contributed by atoms with Crippen LogP contribution < -0.4 is 14.4 Å². The highest BCUT2D eigenvalue weighted by Gasteiger charge is 2.32. The number of nitrogens with one attached hydrogen (secondary N) is 1. The van der Waals surface area contributed by atoms with Gasteiger partial charge < -0.3 is 10.1 Å². The zero-order valence-corrected chi connectivity index (χ0v) is 18.6. The summed E-state index contributed by atoms with van der Waals surface area (Å²) < 4.78 is 31.5. The van der Waals surface area contributed by atoms with Crippen LogP contribution in [0.1, 0.15) is 38.8 Å². The van der Waals surface area contributed by atoms with Crippen molar-refractivity contribution in [3.63, 3.8) is 0 Å². The first-order chi connectivity index (χ1) is 13.7. The zero-order valence-electron chi connectivity index (χ0n) is 17.1. The highest BCUT2D eigenvalue weighted by atomic mass is 35.5. The van der Waals surface area contributed by atoms with Crippen molar-refractivity contribution in [2.45, 2.75) is 39.3 Å². The molecule has 0 heterocycles. The number of rotatable bonds is 9. The molecule has 0 aliphatic heterocycles. The van der Waals surface area contributed by atoms with Gasteiger partial charge in [0, 0.05) is 5.02 Å². The van der Waals surface area contributed by atoms with Crippen LogP contribution in [0.25, 0.3) is 0 Å². The maximum Gasteiger partial charge on any atom is 0.244 e. The molecule has 0 bridgehead atoms. The molecular formula is C21H27ClN2O4S. The zero-order chi connectivity index (χ0) is 21.6. The molecule has 0 aromatic heterocycles. The number of hydrogen-bond acceptors (Lipinski definition) is 4. The van der Waals surface area contributed by atoms with Crippen molar-refractivity contribution in [2.24, 2.45) is 0 Å². The van der Waals surface area contributed by atoms with Gasteiger partial charge in [0.25, 0.3) is 0 Å². The smallest absolute Gasteiger partial charge is 0.244 e. The number of benzene rings is 2. The van der Waals surface area contributed by atoms with Crippen LogP contribution in [0.3, 0.4) is 0 Å². The molecule has 6 nitrogen and oxygen atoms in total. The highest BCUT2D eigenvalue weighted by Crippen LogP contribution is 2.25. The molecule has 0 saturated heterocycles. The Bertz CT molecular complexity index is 915. The van der Waals surface area contributed by atoms with Crippen molar-refractivity contribution in [3.8, 4) is 5.75 Å². The van der Waals surface area contributed by atoms with Gasteiger partial charge in [-0.3, -0.25) is 9.10 Å². The molecule has 2 atom stereocenters. The van der Waals surface area contributed by atoms with Gasteiger partial charge >= 0.3 is 0 Å². The molecule has 2 aromatic carbocycles. The second-order valence-electron chi connectivity index (χ2n) is 6.69. The lowest BCUT2D eigenvalue weighted by molar-refractivity contribution is -0.122. The summed E-state index contributed by atoms with van der Waals surface area (Å²) in [6.45, 7) is 6.12. The maximum absolute atomic E-state index is 13.0. The van der Waals surface area contributed by atoms with Crippen LogP contribution in [0.2, 0.25) is 5.02 Å². The topological polar surface area (TPSA) is 75.7 Å². The first-order valence-corrected chi connectivity index (χ1v) is 11.7. The summed E-state index contributed by atoms with van der Waals surface area (Å²) in [5.41, 5.74) is 1.29. The van der Waals surface area contributed by atoms with Gasteiger partial charge in [-0.05, 0) is 62.2 Å². The Kier molecular flexibility index (Phi) is 7.93. The summed E-state index contributed by atoms with van der Waals surface area (Å²) in [4.78, 5) is 13.0. The van der Waals surface area contributed by atoms with Crippen LogP contribution in [-0.4, -0.2) is 33.2 Å². The molecule has 2 rings (SSSR count). The quantitative estimate of drug-likeness (QED) is 0.637. The average molecular weight is 439 g/mol. The molecule has 0 fully saturated rings. The van der Waals surface area contributed by atoms with Gasteiger partial charge in [0.15, 0.2) is 0 Å². The molecule has 0 radical (unpaired) electrons. The van der Waals surface area contributed by atoms with E-state index in [4.69, 9.17) is 16.3 Å². The van der Waals surface area contributed by atoms with E-state index in [1.807, 2.05) is 38.1 Å². The molecule has 0 aliphatic rings. The normalized spacial score (nSPS) is 13.4. The van der Waals surface area contributed by atoms with E-state index in [0.717, 1.165) is 21.9 Å². The highest BCUT2D eigenvalue weighted by molar-refractivity contribution is 7.92. The van der Waals surface area contributed by atoms with E-state index in [9.17, 15) is 13.2 Å². The molecule has 1 N–H and O–H groups in total. The molecule has 0 saturated carbocycles. The SMILES string of the molecule is CCOc1ccc([C@H](C)NC(=O)[C@@H](CC)N(c2ccc(Cl)cc2)S(C)(=O)=O)cc1. The van der Waals surface area contributed by atoms with Crippen LogP contribution in [0, 0.1) is 0 Å². The molecule has 1 amide bonds. The van der Waals surface area contributed by atoms with E-state index in [1.165, 1.54) is 0 Å². The van der Waals surface area contributed by atoms with Crippen molar-refractivity contribution in [3.05, 3.63) is 59.1 Å². The number of hydrogen-bond donors (Lipinski definition) is 1. The summed E-state index contributed by atoms with van der Waals surface area (Å²) in [5, 5.41) is 3.41. The number of halogens is 1. The Morgan fingerprint density at radius 1 is 1.10 bits per heavy atom. The molecule has 2 aromatic rings. The predicted octanol–water partition coefficient (Wildman–Crippen LogP) is 4.16. The second kappa shape index (κ2) is 9.98. The summed E-state index contributed by atoms with van der Waals surface area (Å²) in [7, 11) is -3.69. The predicted molar refractivity (Wildman–Crippen MR) is 117 cm³/mol. The lowest BCUT2D eigenvalue weighted by Crippen LogP contribution is -2.49. The van der Waals surface area contributed by atoms with Crippen LogP contribution >= 0.6 is 11.6 Å². The number of nitrogens with zero attached hydrogens (tertiary/aromatic N) is 1. The van der Waals surface area contributed by atoms with Crippen molar-refractivity contribution in [1.82, 2.24) is 5.32 Å². The maximum atomic E-state index is 13.0. The number of ether oxygens (including phenoxy) is 1. The van der Waals surface area contributed by atoms with Crippen molar-refractivity contribution < 1.29 is 17.9 Å². The standard InChI is InChI=1S/C21H27ClN2O4S/c1-5-20(24(29(4,26)27)18-11-9-17(22)10-12-18)21(25)23-15(3)16-7-13-19(14-8-16)28-6-2/h7-15,20H,5-6H2,1-4H3,(H,23,25)/t15-,20+/m0/s1. The van der Waals surface area contributed by atoms with E-state index < -0.39 is 16.1 Å². The lowest BCUT2D eigenvalue weighted by atomic mass is 10.1. The Hall–Kier alpha value is -2.25. The van der Waals surface area contributed by atoms with E-state index in [0.29, 0.717) is 23.7 Å². The van der Waals surface area contributed by atoms with E-state index in [1.54, 1.807) is 31.2 Å². The van der Waals surface area contributed by atoms with E-state index >= 15 is 0 Å². The minimum Gasteiger partial charge on any atom is -0.494 e. The fraction of sp³-hybridized carbons (Fsp3) is 0.381. The van der Waals surface area contributed by atoms with Crippen LogP contribution in [0.4, 0.5) is 5.69 Å². The van der Waals surface area contributed by atoms with Crippen molar-refractivity contribution >= 4 is 33.2 Å². The molecule has 29 heavy (non-hydrogen) atoms. The third-order valence-corrected chi connectivity index (χ3v) is 5.89. The van der Waals surface area contributed by atoms with Crippen LogP contribution in [0.15, 0.2) is 48.5 Å². The second-order valence-corrected chi connectivity index (χ2v) is 8.99. The summed E-state index contributed by atoms with van der Waals surface area (Å²) >= 11 is 5.92. The van der Waals surface area contributed by atoms with Gasteiger partial charge in [0.2, 0.25) is 15.9 Å². The minimum absolute atomic E-state index is 0.293. The number of anilines is 1. The fourth-order valence-electron chi connectivity index (χ4n) is 3.06. The van der Waals surface area contributed by atoms with Gasteiger partial charge in [-0.2, -0.15) is 0 Å². The Morgan fingerprint density at radius 2 is 1.69 bits per heavy atom. The summed E-state index contributed by atoms with van der Waals surface area (Å²) in [6, 6.07) is 12.7. The van der Waals surface area contributed by atoms with E-state index in [2.05, 4.69) is 5.32 Å². The van der Waals surface area contributed by atoms with Gasteiger partial charge in [0.05, 0.1) is 24.6 Å². The van der Waals surface area contributed by atoms with Gasteiger partial charge in [-0.15, -0.1) is 0 Å². The van der Waals surface area contributed by atoms with E-state index in [-0.39, 0.29) is 11.9 Å². The molecule has 8 heteroatoms. The fourth-order valence-corrected chi connectivity index (χ4v) is 4.40. The number of carbonyl (C=O) groups is 1. The monoisotopic (exact) mass is 438 g/mol. The van der Waals surface area contributed by atoms with Crippen LogP contribution in [-0.2, 0) is 14.8 Å². The molecule has 0 spiro atoms. The van der Waals surface area contributed by atoms with Crippen molar-refractivity contribution in [2.75, 3.05) is 17.2 Å². The molecular weight excluding hydrogens is 412 g/mol. The number of carbonyl (C=O) groups excluding carboxylic acids is 1. The van der Waals surface area contributed by atoms with Gasteiger partial charge in [-0.1, -0.05) is 30.7 Å². The third-order valence-electron chi connectivity index (χ3n) is 4.46. The third kappa shape index (κ3) is 6.11. The largest absolute Gasteiger partial charge is 0.494 e. The van der Waals surface area contributed by atoms with Gasteiger partial charge in [-0.25, -0.2) is 8.42 Å².